The predicted octanol–water partition coefficient (Wildman–Crippen LogP) is 4.29. The number of benzene rings is 2. The van der Waals surface area contributed by atoms with Crippen LogP contribution in [0.3, 0.4) is 0 Å². The summed E-state index contributed by atoms with van der Waals surface area (Å²) in [6.07, 6.45) is 0.944. The molecule has 0 fully saturated rings. The molecule has 0 spiro atoms. The molecule has 0 saturated carbocycles. The zero-order chi connectivity index (χ0) is 13.9. The van der Waals surface area contributed by atoms with Gasteiger partial charge in [-0.2, -0.15) is 0 Å². The van der Waals surface area contributed by atoms with Gasteiger partial charge in [-0.05, 0) is 36.8 Å². The summed E-state index contributed by atoms with van der Waals surface area (Å²) in [5, 5.41) is 1.06. The minimum Gasteiger partial charge on any atom is -0.399 e. The summed E-state index contributed by atoms with van der Waals surface area (Å²) in [4.78, 5) is 6.01. The van der Waals surface area contributed by atoms with E-state index in [0.29, 0.717) is 0 Å². The van der Waals surface area contributed by atoms with Gasteiger partial charge in [0.15, 0.2) is 0 Å². The van der Waals surface area contributed by atoms with Crippen LogP contribution in [0, 0.1) is 6.92 Å². The highest BCUT2D eigenvalue weighted by atomic mass is 32.1. The topological polar surface area (TPSA) is 38.9 Å². The van der Waals surface area contributed by atoms with Gasteiger partial charge in [0, 0.05) is 22.5 Å². The van der Waals surface area contributed by atoms with Crippen molar-refractivity contribution in [3.8, 4) is 10.6 Å². The lowest BCUT2D eigenvalue weighted by atomic mass is 10.1. The van der Waals surface area contributed by atoms with Gasteiger partial charge in [-0.25, -0.2) is 4.98 Å². The quantitative estimate of drug-likeness (QED) is 0.727. The number of hydrogen-bond acceptors (Lipinski definition) is 3. The van der Waals surface area contributed by atoms with Crippen molar-refractivity contribution in [1.82, 2.24) is 4.98 Å². The van der Waals surface area contributed by atoms with E-state index in [2.05, 4.69) is 36.2 Å². The molecule has 0 unspecified atom stereocenters. The monoisotopic (exact) mass is 280 g/mol. The molecule has 0 atom stereocenters. The zero-order valence-electron chi connectivity index (χ0n) is 11.3. The van der Waals surface area contributed by atoms with Gasteiger partial charge in [0.1, 0.15) is 5.01 Å². The van der Waals surface area contributed by atoms with Crippen LogP contribution in [-0.2, 0) is 6.42 Å². The van der Waals surface area contributed by atoms with Crippen molar-refractivity contribution in [2.45, 2.75) is 13.3 Å². The van der Waals surface area contributed by atoms with Gasteiger partial charge in [0.05, 0.1) is 5.69 Å². The highest BCUT2D eigenvalue weighted by Crippen LogP contribution is 2.29. The second-order valence-electron chi connectivity index (χ2n) is 4.81. The van der Waals surface area contributed by atoms with E-state index in [-0.39, 0.29) is 0 Å². The fourth-order valence-corrected chi connectivity index (χ4v) is 3.22. The Labute approximate surface area is 122 Å². The molecule has 20 heavy (non-hydrogen) atoms. The molecule has 0 amide bonds. The Hall–Kier alpha value is -2.13. The van der Waals surface area contributed by atoms with E-state index in [1.54, 1.807) is 11.3 Å². The first-order valence-corrected chi connectivity index (χ1v) is 7.40. The fourth-order valence-electron chi connectivity index (χ4n) is 2.12. The predicted molar refractivity (Wildman–Crippen MR) is 85.9 cm³/mol. The molecular formula is C17H16N2S. The largest absolute Gasteiger partial charge is 0.399 e. The third-order valence-electron chi connectivity index (χ3n) is 3.26. The van der Waals surface area contributed by atoms with Crippen molar-refractivity contribution in [1.29, 1.82) is 0 Å². The molecule has 0 saturated heterocycles. The van der Waals surface area contributed by atoms with E-state index >= 15 is 0 Å². The Morgan fingerprint density at radius 3 is 2.40 bits per heavy atom. The lowest BCUT2D eigenvalue weighted by Crippen LogP contribution is -1.86. The summed E-state index contributed by atoms with van der Waals surface area (Å²) in [6, 6.07) is 18.4. The van der Waals surface area contributed by atoms with Gasteiger partial charge in [0.25, 0.3) is 0 Å². The first kappa shape index (κ1) is 12.9. The SMILES string of the molecule is Cc1nc(-c2ccc(N)cc2)sc1Cc1ccccc1. The molecule has 0 bridgehead atoms. The summed E-state index contributed by atoms with van der Waals surface area (Å²) in [5.41, 5.74) is 10.1. The standard InChI is InChI=1S/C17H16N2S/c1-12-16(11-13-5-3-2-4-6-13)20-17(19-12)14-7-9-15(18)10-8-14/h2-10H,11,18H2,1H3. The van der Waals surface area contributed by atoms with Gasteiger partial charge >= 0.3 is 0 Å². The van der Waals surface area contributed by atoms with Crippen LogP contribution in [0.15, 0.2) is 54.6 Å². The number of thiazole rings is 1. The fraction of sp³-hybridized carbons (Fsp3) is 0.118. The Balaban J connectivity index is 1.89. The van der Waals surface area contributed by atoms with Crippen molar-refractivity contribution in [3.63, 3.8) is 0 Å². The molecular weight excluding hydrogens is 264 g/mol. The normalized spacial score (nSPS) is 10.7. The first-order chi connectivity index (χ1) is 9.72. The van der Waals surface area contributed by atoms with Crippen molar-refractivity contribution in [2.75, 3.05) is 5.73 Å². The number of hydrogen-bond donors (Lipinski definition) is 1. The summed E-state index contributed by atoms with van der Waals surface area (Å²) >= 11 is 1.76. The van der Waals surface area contributed by atoms with Gasteiger partial charge < -0.3 is 5.73 Å². The maximum atomic E-state index is 5.73. The third kappa shape index (κ3) is 2.73. The summed E-state index contributed by atoms with van der Waals surface area (Å²) in [5.74, 6) is 0. The van der Waals surface area contributed by atoms with Crippen LogP contribution in [0.5, 0.6) is 0 Å². The van der Waals surface area contributed by atoms with Crippen LogP contribution in [-0.4, -0.2) is 4.98 Å². The molecule has 2 N–H and O–H groups in total. The number of aryl methyl sites for hydroxylation is 1. The summed E-state index contributed by atoms with van der Waals surface area (Å²) in [7, 11) is 0. The third-order valence-corrected chi connectivity index (χ3v) is 4.46. The van der Waals surface area contributed by atoms with E-state index in [4.69, 9.17) is 5.73 Å². The number of anilines is 1. The maximum Gasteiger partial charge on any atom is 0.123 e. The second kappa shape index (κ2) is 5.47. The van der Waals surface area contributed by atoms with Crippen LogP contribution in [0.25, 0.3) is 10.6 Å². The molecule has 0 radical (unpaired) electrons. The van der Waals surface area contributed by atoms with E-state index in [1.165, 1.54) is 10.4 Å². The summed E-state index contributed by atoms with van der Waals surface area (Å²) in [6.45, 7) is 2.08. The lowest BCUT2D eigenvalue weighted by Gasteiger charge is -1.98. The van der Waals surface area contributed by atoms with Crippen LogP contribution in [0.4, 0.5) is 5.69 Å². The second-order valence-corrected chi connectivity index (χ2v) is 5.90. The molecule has 100 valence electrons. The van der Waals surface area contributed by atoms with E-state index in [0.717, 1.165) is 28.4 Å². The van der Waals surface area contributed by atoms with Crippen LogP contribution >= 0.6 is 11.3 Å². The molecule has 0 aliphatic rings. The van der Waals surface area contributed by atoms with Crippen molar-refractivity contribution >= 4 is 17.0 Å². The average molecular weight is 280 g/mol. The van der Waals surface area contributed by atoms with Gasteiger partial charge in [0.2, 0.25) is 0 Å². The molecule has 1 heterocycles. The Morgan fingerprint density at radius 2 is 1.70 bits per heavy atom. The Bertz CT molecular complexity index is 700. The van der Waals surface area contributed by atoms with Gasteiger partial charge in [-0.15, -0.1) is 11.3 Å². The van der Waals surface area contributed by atoms with Crippen LogP contribution in [0.2, 0.25) is 0 Å². The van der Waals surface area contributed by atoms with E-state index in [9.17, 15) is 0 Å². The van der Waals surface area contributed by atoms with E-state index in [1.807, 2.05) is 30.3 Å². The van der Waals surface area contributed by atoms with Crippen LogP contribution in [0.1, 0.15) is 16.1 Å². The molecule has 3 aromatic rings. The van der Waals surface area contributed by atoms with E-state index < -0.39 is 0 Å². The first-order valence-electron chi connectivity index (χ1n) is 6.58. The minimum atomic E-state index is 0.784. The van der Waals surface area contributed by atoms with Crippen molar-refractivity contribution in [3.05, 3.63) is 70.7 Å². The highest BCUT2D eigenvalue weighted by molar-refractivity contribution is 7.15. The van der Waals surface area contributed by atoms with Crippen LogP contribution < -0.4 is 5.73 Å². The zero-order valence-corrected chi connectivity index (χ0v) is 12.2. The molecule has 2 nitrogen and oxygen atoms in total. The lowest BCUT2D eigenvalue weighted by molar-refractivity contribution is 1.15. The van der Waals surface area contributed by atoms with Gasteiger partial charge in [-0.1, -0.05) is 30.3 Å². The number of rotatable bonds is 3. The number of nitrogens with two attached hydrogens (primary N) is 1. The van der Waals surface area contributed by atoms with Gasteiger partial charge in [-0.3, -0.25) is 0 Å². The Kier molecular flexibility index (Phi) is 3.52. The molecule has 3 rings (SSSR count). The number of aromatic nitrogens is 1. The van der Waals surface area contributed by atoms with Crippen molar-refractivity contribution < 1.29 is 0 Å². The number of nitrogen functional groups attached to an aromatic ring is 1. The smallest absolute Gasteiger partial charge is 0.123 e. The minimum absolute atomic E-state index is 0.784. The number of nitrogens with zero attached hydrogens (tertiary/aromatic N) is 1. The molecule has 2 aromatic carbocycles. The average Bonchev–Trinajstić information content (AvgIpc) is 2.82. The highest BCUT2D eigenvalue weighted by Gasteiger charge is 2.09. The van der Waals surface area contributed by atoms with Crippen molar-refractivity contribution in [2.24, 2.45) is 0 Å². The maximum absolute atomic E-state index is 5.73. The molecule has 3 heteroatoms. The molecule has 0 aliphatic carbocycles. The Morgan fingerprint density at radius 1 is 1.00 bits per heavy atom. The molecule has 1 aromatic heterocycles. The summed E-state index contributed by atoms with van der Waals surface area (Å²) < 4.78 is 0. The molecule has 0 aliphatic heterocycles.